The number of hydrogen-bond donors (Lipinski definition) is 1. The molecule has 2 fully saturated rings. The van der Waals surface area contributed by atoms with E-state index in [1.165, 1.54) is 12.8 Å². The van der Waals surface area contributed by atoms with Crippen LogP contribution in [-0.2, 0) is 9.84 Å². The third-order valence-corrected chi connectivity index (χ3v) is 6.86. The fourth-order valence-corrected chi connectivity index (χ4v) is 5.69. The maximum absolute atomic E-state index is 12.4. The summed E-state index contributed by atoms with van der Waals surface area (Å²) in [5.41, 5.74) is 0. The van der Waals surface area contributed by atoms with Gasteiger partial charge in [-0.15, -0.1) is 0 Å². The summed E-state index contributed by atoms with van der Waals surface area (Å²) in [7, 11) is -0.909. The first-order valence-corrected chi connectivity index (χ1v) is 8.72. The van der Waals surface area contributed by atoms with Crippen molar-refractivity contribution in [1.29, 1.82) is 0 Å². The number of hydrogen-bond acceptors (Lipinski definition) is 3. The van der Waals surface area contributed by atoms with Crippen LogP contribution >= 0.6 is 0 Å². The van der Waals surface area contributed by atoms with Crippen LogP contribution in [0.3, 0.4) is 0 Å². The van der Waals surface area contributed by atoms with E-state index in [0.29, 0.717) is 17.7 Å². The Hall–Kier alpha value is -0.0900. The summed E-state index contributed by atoms with van der Waals surface area (Å²) in [6, 6.07) is 0.409. The third-order valence-electron chi connectivity index (χ3n) is 4.48. The van der Waals surface area contributed by atoms with Crippen LogP contribution in [0.2, 0.25) is 0 Å². The van der Waals surface area contributed by atoms with Gasteiger partial charge in [-0.2, -0.15) is 0 Å². The second-order valence-corrected chi connectivity index (χ2v) is 8.08. The Morgan fingerprint density at radius 1 is 1.06 bits per heavy atom. The van der Waals surface area contributed by atoms with E-state index in [9.17, 15) is 8.42 Å². The summed E-state index contributed by atoms with van der Waals surface area (Å²) in [4.78, 5) is 0. The molecule has 2 saturated carbocycles. The van der Waals surface area contributed by atoms with Gasteiger partial charge < -0.3 is 5.32 Å². The summed E-state index contributed by atoms with van der Waals surface area (Å²) in [6.45, 7) is 0. The zero-order valence-electron chi connectivity index (χ0n) is 10.8. The predicted octanol–water partition coefficient (Wildman–Crippen LogP) is 2.12. The molecule has 0 aromatic heterocycles. The number of rotatable bonds is 4. The average molecular weight is 259 g/mol. The van der Waals surface area contributed by atoms with E-state index in [1.807, 2.05) is 7.05 Å². The van der Waals surface area contributed by atoms with Crippen molar-refractivity contribution in [3.05, 3.63) is 0 Å². The largest absolute Gasteiger partial charge is 0.317 e. The van der Waals surface area contributed by atoms with Gasteiger partial charge in [0.15, 0.2) is 9.84 Å². The van der Waals surface area contributed by atoms with Gasteiger partial charge in [0.25, 0.3) is 0 Å². The van der Waals surface area contributed by atoms with Gasteiger partial charge in [0.1, 0.15) is 0 Å². The average Bonchev–Trinajstić information content (AvgIpc) is 2.81. The highest BCUT2D eigenvalue weighted by atomic mass is 32.2. The molecule has 0 heterocycles. The van der Waals surface area contributed by atoms with Crippen LogP contribution in [-0.4, -0.2) is 32.5 Å². The van der Waals surface area contributed by atoms with E-state index in [-0.39, 0.29) is 5.25 Å². The van der Waals surface area contributed by atoms with Gasteiger partial charge in [0, 0.05) is 6.04 Å². The Morgan fingerprint density at radius 3 is 2.41 bits per heavy atom. The fourth-order valence-electron chi connectivity index (χ4n) is 3.37. The molecule has 4 heteroatoms. The Kier molecular flexibility index (Phi) is 4.47. The minimum atomic E-state index is -2.85. The van der Waals surface area contributed by atoms with Crippen LogP contribution in [0.15, 0.2) is 0 Å². The van der Waals surface area contributed by atoms with Crippen molar-refractivity contribution in [2.45, 2.75) is 62.7 Å². The van der Waals surface area contributed by atoms with Crippen molar-refractivity contribution >= 4 is 9.84 Å². The molecule has 0 aliphatic heterocycles. The van der Waals surface area contributed by atoms with Crippen molar-refractivity contribution in [3.8, 4) is 0 Å². The van der Waals surface area contributed by atoms with Gasteiger partial charge in [-0.05, 0) is 45.1 Å². The summed E-state index contributed by atoms with van der Waals surface area (Å²) in [5.74, 6) is 0.906. The lowest BCUT2D eigenvalue weighted by molar-refractivity contribution is 0.389. The summed E-state index contributed by atoms with van der Waals surface area (Å²) < 4.78 is 24.8. The Morgan fingerprint density at radius 2 is 1.76 bits per heavy atom. The van der Waals surface area contributed by atoms with Gasteiger partial charge in [0.2, 0.25) is 0 Å². The molecule has 2 aliphatic rings. The van der Waals surface area contributed by atoms with Crippen molar-refractivity contribution in [2.24, 2.45) is 5.92 Å². The van der Waals surface area contributed by atoms with Crippen LogP contribution in [0.4, 0.5) is 0 Å². The first-order chi connectivity index (χ1) is 8.12. The van der Waals surface area contributed by atoms with Crippen LogP contribution in [0, 0.1) is 5.92 Å². The zero-order valence-corrected chi connectivity index (χ0v) is 11.6. The lowest BCUT2D eigenvalue weighted by atomic mass is 9.95. The van der Waals surface area contributed by atoms with E-state index in [1.54, 1.807) is 0 Å². The Labute approximate surface area is 105 Å². The highest BCUT2D eigenvalue weighted by Gasteiger charge is 2.33. The van der Waals surface area contributed by atoms with Gasteiger partial charge in [-0.1, -0.05) is 19.3 Å². The predicted molar refractivity (Wildman–Crippen MR) is 70.8 cm³/mol. The van der Waals surface area contributed by atoms with Crippen molar-refractivity contribution in [2.75, 3.05) is 12.8 Å². The summed E-state index contributed by atoms with van der Waals surface area (Å²) in [6.07, 6.45) is 8.60. The zero-order chi connectivity index (χ0) is 12.3. The molecule has 0 saturated heterocycles. The maximum atomic E-state index is 12.4. The van der Waals surface area contributed by atoms with E-state index >= 15 is 0 Å². The molecule has 0 amide bonds. The normalized spacial score (nSPS) is 31.8. The van der Waals surface area contributed by atoms with Crippen LogP contribution < -0.4 is 5.32 Å². The van der Waals surface area contributed by atoms with Gasteiger partial charge in [-0.3, -0.25) is 0 Å². The molecule has 100 valence electrons. The Balaban J connectivity index is 1.94. The van der Waals surface area contributed by atoms with E-state index in [2.05, 4.69) is 5.32 Å². The van der Waals surface area contributed by atoms with E-state index in [0.717, 1.165) is 38.5 Å². The molecule has 0 aromatic carbocycles. The topological polar surface area (TPSA) is 46.2 Å². The third kappa shape index (κ3) is 3.44. The lowest BCUT2D eigenvalue weighted by Gasteiger charge is -2.29. The summed E-state index contributed by atoms with van der Waals surface area (Å²) in [5, 5.41) is 3.16. The molecular weight excluding hydrogens is 234 g/mol. The van der Waals surface area contributed by atoms with E-state index < -0.39 is 9.84 Å². The quantitative estimate of drug-likeness (QED) is 0.841. The van der Waals surface area contributed by atoms with Crippen molar-refractivity contribution < 1.29 is 8.42 Å². The fraction of sp³-hybridized carbons (Fsp3) is 1.00. The first-order valence-electron chi connectivity index (χ1n) is 7.00. The molecule has 0 bridgehead atoms. The lowest BCUT2D eigenvalue weighted by Crippen LogP contribution is -2.38. The summed E-state index contributed by atoms with van der Waals surface area (Å²) >= 11 is 0. The van der Waals surface area contributed by atoms with Crippen LogP contribution in [0.1, 0.15) is 51.4 Å². The minimum absolute atomic E-state index is 0.0747. The van der Waals surface area contributed by atoms with Crippen LogP contribution in [0.25, 0.3) is 0 Å². The van der Waals surface area contributed by atoms with Crippen molar-refractivity contribution in [1.82, 2.24) is 5.32 Å². The second-order valence-electron chi connectivity index (χ2n) is 5.75. The van der Waals surface area contributed by atoms with Gasteiger partial charge in [0.05, 0.1) is 11.0 Å². The number of sulfone groups is 1. The molecule has 2 aliphatic carbocycles. The molecule has 2 rings (SSSR count). The molecule has 17 heavy (non-hydrogen) atoms. The molecule has 0 radical (unpaired) electrons. The molecule has 2 unspecified atom stereocenters. The molecule has 2 atom stereocenters. The SMILES string of the molecule is CNC1CCCC(S(=O)(=O)CC2CCCC2)C1. The molecule has 1 N–H and O–H groups in total. The Bertz CT molecular complexity index is 333. The van der Waals surface area contributed by atoms with Crippen molar-refractivity contribution in [3.63, 3.8) is 0 Å². The minimum Gasteiger partial charge on any atom is -0.317 e. The van der Waals surface area contributed by atoms with Gasteiger partial charge in [-0.25, -0.2) is 8.42 Å². The van der Waals surface area contributed by atoms with E-state index in [4.69, 9.17) is 0 Å². The molecule has 0 spiro atoms. The highest BCUT2D eigenvalue weighted by Crippen LogP contribution is 2.30. The number of nitrogens with one attached hydrogen (secondary N) is 1. The smallest absolute Gasteiger partial charge is 0.153 e. The standard InChI is InChI=1S/C13H25NO2S/c1-14-12-7-4-8-13(9-12)17(15,16)10-11-5-2-3-6-11/h11-14H,2-10H2,1H3. The monoisotopic (exact) mass is 259 g/mol. The van der Waals surface area contributed by atoms with Gasteiger partial charge >= 0.3 is 0 Å². The molecular formula is C13H25NO2S. The molecule has 0 aromatic rings. The molecule has 3 nitrogen and oxygen atoms in total. The highest BCUT2D eigenvalue weighted by molar-refractivity contribution is 7.92. The second kappa shape index (κ2) is 5.70. The first kappa shape index (κ1) is 13.3. The maximum Gasteiger partial charge on any atom is 0.153 e. The van der Waals surface area contributed by atoms with Crippen LogP contribution in [0.5, 0.6) is 0 Å².